The molecule has 0 saturated heterocycles. The molecule has 1 unspecified atom stereocenters. The maximum Gasteiger partial charge on any atom is 0.136 e. The second-order valence-electron chi connectivity index (χ2n) is 5.48. The molecule has 0 bridgehead atoms. The van der Waals surface area contributed by atoms with Crippen LogP contribution in [0.3, 0.4) is 0 Å². The summed E-state index contributed by atoms with van der Waals surface area (Å²) in [6, 6.07) is 12.4. The highest BCUT2D eigenvalue weighted by atomic mass is 19.1. The number of halogens is 1. The molecule has 0 saturated carbocycles. The lowest BCUT2D eigenvalue weighted by Gasteiger charge is -2.42. The van der Waals surface area contributed by atoms with E-state index in [-0.39, 0.29) is 5.82 Å². The number of nitrogen functional groups attached to an aromatic ring is 1. The molecule has 0 aliphatic carbocycles. The van der Waals surface area contributed by atoms with Crippen LogP contribution in [0, 0.1) is 5.82 Å². The zero-order valence-corrected chi connectivity index (χ0v) is 12.1. The lowest BCUT2D eigenvalue weighted by molar-refractivity contribution is 0.242. The monoisotopic (exact) mass is 283 g/mol. The number of nitrogens with one attached hydrogen (secondary N) is 1. The standard InChI is InChI=1S/C17H18FN3/c1-21(2)17(13-4-3-5-14(18)11-13)9-8-12-10-15(19)6-7-16(12)20-17/h3-11,20H,19H2,1-2H3. The number of rotatable bonds is 2. The van der Waals surface area contributed by atoms with E-state index in [0.717, 1.165) is 22.5 Å². The van der Waals surface area contributed by atoms with Gasteiger partial charge in [0, 0.05) is 11.4 Å². The molecule has 4 heteroatoms. The van der Waals surface area contributed by atoms with Crippen LogP contribution in [0.2, 0.25) is 0 Å². The Bertz CT molecular complexity index is 709. The van der Waals surface area contributed by atoms with Crippen LogP contribution in [0.1, 0.15) is 11.1 Å². The Morgan fingerprint density at radius 3 is 2.67 bits per heavy atom. The van der Waals surface area contributed by atoms with Crippen LogP contribution in [0.25, 0.3) is 6.08 Å². The highest BCUT2D eigenvalue weighted by Crippen LogP contribution is 2.37. The number of anilines is 2. The average Bonchev–Trinajstić information content (AvgIpc) is 2.46. The van der Waals surface area contributed by atoms with Gasteiger partial charge in [0.1, 0.15) is 11.5 Å². The molecule has 2 aromatic rings. The summed E-state index contributed by atoms with van der Waals surface area (Å²) in [5.41, 5.74) is 8.83. The van der Waals surface area contributed by atoms with Gasteiger partial charge in [-0.2, -0.15) is 0 Å². The van der Waals surface area contributed by atoms with Gasteiger partial charge in [0.2, 0.25) is 0 Å². The quantitative estimate of drug-likeness (QED) is 0.831. The molecule has 3 nitrogen and oxygen atoms in total. The van der Waals surface area contributed by atoms with Gasteiger partial charge in [-0.3, -0.25) is 4.90 Å². The maximum atomic E-state index is 13.6. The van der Waals surface area contributed by atoms with Crippen LogP contribution in [0.5, 0.6) is 0 Å². The first kappa shape index (κ1) is 13.6. The molecule has 108 valence electrons. The normalized spacial score (nSPS) is 20.2. The van der Waals surface area contributed by atoms with Crippen molar-refractivity contribution >= 4 is 17.5 Å². The van der Waals surface area contributed by atoms with E-state index >= 15 is 0 Å². The van der Waals surface area contributed by atoms with Crippen LogP contribution in [0.15, 0.2) is 48.5 Å². The molecule has 0 spiro atoms. The first-order chi connectivity index (χ1) is 10.0. The largest absolute Gasteiger partial charge is 0.399 e. The van der Waals surface area contributed by atoms with Crippen LogP contribution in [-0.4, -0.2) is 19.0 Å². The summed E-state index contributed by atoms with van der Waals surface area (Å²) in [6.45, 7) is 0. The Labute approximate surface area is 123 Å². The molecule has 0 aromatic heterocycles. The van der Waals surface area contributed by atoms with E-state index in [1.54, 1.807) is 12.1 Å². The lowest BCUT2D eigenvalue weighted by atomic mass is 9.92. The number of nitrogens with zero attached hydrogens (tertiary/aromatic N) is 1. The van der Waals surface area contributed by atoms with Gasteiger partial charge in [-0.1, -0.05) is 18.2 Å². The third-order valence-electron chi connectivity index (χ3n) is 3.88. The minimum atomic E-state index is -0.578. The van der Waals surface area contributed by atoms with Gasteiger partial charge >= 0.3 is 0 Å². The Kier molecular flexibility index (Phi) is 3.18. The van der Waals surface area contributed by atoms with E-state index in [9.17, 15) is 4.39 Å². The van der Waals surface area contributed by atoms with E-state index < -0.39 is 5.66 Å². The second kappa shape index (κ2) is 4.90. The molecule has 21 heavy (non-hydrogen) atoms. The van der Waals surface area contributed by atoms with Crippen molar-refractivity contribution in [2.75, 3.05) is 25.1 Å². The van der Waals surface area contributed by atoms with Gasteiger partial charge in [-0.15, -0.1) is 0 Å². The molecule has 2 aromatic carbocycles. The molecule has 1 aliphatic rings. The van der Waals surface area contributed by atoms with Gasteiger partial charge in [-0.05, 0) is 61.6 Å². The van der Waals surface area contributed by atoms with Crippen molar-refractivity contribution < 1.29 is 4.39 Å². The summed E-state index contributed by atoms with van der Waals surface area (Å²) in [6.07, 6.45) is 4.05. The van der Waals surface area contributed by atoms with E-state index in [0.29, 0.717) is 0 Å². The molecule has 3 N–H and O–H groups in total. The SMILES string of the molecule is CN(C)C1(c2cccc(F)c2)C=Cc2cc(N)ccc2N1. The summed E-state index contributed by atoms with van der Waals surface area (Å²) < 4.78 is 13.6. The van der Waals surface area contributed by atoms with Gasteiger partial charge in [0.25, 0.3) is 0 Å². The van der Waals surface area contributed by atoms with Gasteiger partial charge < -0.3 is 11.1 Å². The van der Waals surface area contributed by atoms with Crippen molar-refractivity contribution in [1.29, 1.82) is 0 Å². The van der Waals surface area contributed by atoms with Crippen molar-refractivity contribution in [3.8, 4) is 0 Å². The molecule has 1 atom stereocenters. The van der Waals surface area contributed by atoms with Crippen LogP contribution in [-0.2, 0) is 5.66 Å². The van der Waals surface area contributed by atoms with E-state index in [1.807, 2.05) is 55.4 Å². The molecule has 0 fully saturated rings. The number of nitrogens with two attached hydrogens (primary N) is 1. The molecular weight excluding hydrogens is 265 g/mol. The Morgan fingerprint density at radius 1 is 1.14 bits per heavy atom. The number of fused-ring (bicyclic) bond motifs is 1. The highest BCUT2D eigenvalue weighted by molar-refractivity contribution is 5.75. The molecule has 1 heterocycles. The third-order valence-corrected chi connectivity index (χ3v) is 3.88. The predicted molar refractivity (Wildman–Crippen MR) is 85.3 cm³/mol. The minimum Gasteiger partial charge on any atom is -0.399 e. The summed E-state index contributed by atoms with van der Waals surface area (Å²) in [5, 5.41) is 3.50. The molecular formula is C17H18FN3. The topological polar surface area (TPSA) is 41.3 Å². The number of hydrogen-bond donors (Lipinski definition) is 2. The van der Waals surface area contributed by atoms with E-state index in [4.69, 9.17) is 5.73 Å². The minimum absolute atomic E-state index is 0.243. The van der Waals surface area contributed by atoms with Gasteiger partial charge in [-0.25, -0.2) is 4.39 Å². The predicted octanol–water partition coefficient (Wildman–Crippen LogP) is 3.26. The zero-order chi connectivity index (χ0) is 15.0. The van der Waals surface area contributed by atoms with E-state index in [2.05, 4.69) is 5.32 Å². The average molecular weight is 283 g/mol. The fraction of sp³-hybridized carbons (Fsp3) is 0.176. The highest BCUT2D eigenvalue weighted by Gasteiger charge is 2.34. The van der Waals surface area contributed by atoms with Crippen LogP contribution >= 0.6 is 0 Å². The fourth-order valence-corrected chi connectivity index (χ4v) is 2.70. The molecule has 3 rings (SSSR count). The summed E-state index contributed by atoms with van der Waals surface area (Å²) >= 11 is 0. The molecule has 0 amide bonds. The van der Waals surface area contributed by atoms with Crippen molar-refractivity contribution in [1.82, 2.24) is 4.90 Å². The molecule has 1 aliphatic heterocycles. The number of likely N-dealkylation sites (N-methyl/N-ethyl adjacent to an activating group) is 1. The first-order valence-corrected chi connectivity index (χ1v) is 6.82. The van der Waals surface area contributed by atoms with E-state index in [1.165, 1.54) is 6.07 Å². The second-order valence-corrected chi connectivity index (χ2v) is 5.48. The Balaban J connectivity index is 2.12. The summed E-state index contributed by atoms with van der Waals surface area (Å²) in [4.78, 5) is 2.03. The van der Waals surface area contributed by atoms with Crippen LogP contribution in [0.4, 0.5) is 15.8 Å². The van der Waals surface area contributed by atoms with Crippen molar-refractivity contribution in [2.45, 2.75) is 5.66 Å². The third kappa shape index (κ3) is 2.28. The first-order valence-electron chi connectivity index (χ1n) is 6.82. The van der Waals surface area contributed by atoms with Crippen molar-refractivity contribution in [3.05, 3.63) is 65.5 Å². The maximum absolute atomic E-state index is 13.6. The van der Waals surface area contributed by atoms with Gasteiger partial charge in [0.15, 0.2) is 0 Å². The van der Waals surface area contributed by atoms with Crippen molar-refractivity contribution in [2.24, 2.45) is 0 Å². The Hall–Kier alpha value is -2.33. The summed E-state index contributed by atoms with van der Waals surface area (Å²) in [5.74, 6) is -0.243. The summed E-state index contributed by atoms with van der Waals surface area (Å²) in [7, 11) is 3.93. The zero-order valence-electron chi connectivity index (χ0n) is 12.1. The van der Waals surface area contributed by atoms with Crippen LogP contribution < -0.4 is 11.1 Å². The Morgan fingerprint density at radius 2 is 1.95 bits per heavy atom. The number of hydrogen-bond acceptors (Lipinski definition) is 3. The fourth-order valence-electron chi connectivity index (χ4n) is 2.70. The smallest absolute Gasteiger partial charge is 0.136 e. The van der Waals surface area contributed by atoms with Crippen molar-refractivity contribution in [3.63, 3.8) is 0 Å². The van der Waals surface area contributed by atoms with Gasteiger partial charge in [0.05, 0.1) is 0 Å². The molecule has 0 radical (unpaired) electrons. The number of benzene rings is 2. The lowest BCUT2D eigenvalue weighted by Crippen LogP contribution is -2.47.